The van der Waals surface area contributed by atoms with Gasteiger partial charge in [-0.1, -0.05) is 43.2 Å². The molecule has 0 bridgehead atoms. The second kappa shape index (κ2) is 12.7. The molecule has 184 valence electrons. The molecular formula is C25H35ClO7. The lowest BCUT2D eigenvalue weighted by Crippen LogP contribution is -2.27. The molecule has 1 aromatic rings. The molecule has 2 fully saturated rings. The highest BCUT2D eigenvalue weighted by Crippen LogP contribution is 2.41. The quantitative estimate of drug-likeness (QED) is 0.413. The third-order valence-corrected chi connectivity index (χ3v) is 6.71. The summed E-state index contributed by atoms with van der Waals surface area (Å²) in [6.45, 7) is 2.89. The van der Waals surface area contributed by atoms with Gasteiger partial charge in [0, 0.05) is 23.3 Å². The molecule has 1 aliphatic heterocycles. The minimum atomic E-state index is -0.922. The summed E-state index contributed by atoms with van der Waals surface area (Å²) in [6, 6.07) is 7.00. The van der Waals surface area contributed by atoms with E-state index < -0.39 is 24.3 Å². The van der Waals surface area contributed by atoms with Gasteiger partial charge in [-0.15, -0.1) is 0 Å². The van der Waals surface area contributed by atoms with Crippen LogP contribution in [0, 0.1) is 17.8 Å². The maximum absolute atomic E-state index is 11.3. The van der Waals surface area contributed by atoms with Crippen LogP contribution < -0.4 is 4.74 Å². The Labute approximate surface area is 200 Å². The molecule has 0 aromatic heterocycles. The van der Waals surface area contributed by atoms with E-state index in [1.165, 1.54) is 0 Å². The fourth-order valence-corrected chi connectivity index (χ4v) is 4.87. The minimum Gasteiger partial charge on any atom is -0.491 e. The Morgan fingerprint density at radius 1 is 1.36 bits per heavy atom. The van der Waals surface area contributed by atoms with Gasteiger partial charge in [0.15, 0.2) is 6.10 Å². The van der Waals surface area contributed by atoms with E-state index in [0.29, 0.717) is 36.8 Å². The molecule has 3 N–H and O–H groups in total. The average molecular weight is 483 g/mol. The van der Waals surface area contributed by atoms with Crippen LogP contribution in [0.5, 0.6) is 5.75 Å². The molecule has 1 saturated carbocycles. The van der Waals surface area contributed by atoms with Gasteiger partial charge in [-0.3, -0.25) is 0 Å². The van der Waals surface area contributed by atoms with Crippen molar-refractivity contribution in [2.75, 3.05) is 19.8 Å². The zero-order valence-corrected chi connectivity index (χ0v) is 19.8. The average Bonchev–Trinajstić information content (AvgIpc) is 2.94. The van der Waals surface area contributed by atoms with E-state index in [4.69, 9.17) is 25.8 Å². The van der Waals surface area contributed by atoms with Crippen molar-refractivity contribution in [2.45, 2.75) is 63.4 Å². The summed E-state index contributed by atoms with van der Waals surface area (Å²) < 4.78 is 17.3. The number of aliphatic carboxylic acids is 1. The van der Waals surface area contributed by atoms with Crippen LogP contribution in [0.1, 0.15) is 39.0 Å². The lowest BCUT2D eigenvalue weighted by atomic mass is 9.87. The fourth-order valence-electron chi connectivity index (χ4n) is 4.69. The minimum absolute atomic E-state index is 0.0505. The van der Waals surface area contributed by atoms with Crippen molar-refractivity contribution in [3.63, 3.8) is 0 Å². The summed E-state index contributed by atoms with van der Waals surface area (Å²) >= 11 is 5.94. The molecule has 7 nitrogen and oxygen atoms in total. The second-order valence-corrected chi connectivity index (χ2v) is 9.47. The van der Waals surface area contributed by atoms with Gasteiger partial charge in [0.1, 0.15) is 18.5 Å². The normalized spacial score (nSPS) is 29.4. The maximum Gasteiger partial charge on any atom is 0.332 e. The Balaban J connectivity index is 1.50. The molecule has 7 atom stereocenters. The van der Waals surface area contributed by atoms with Gasteiger partial charge in [0.25, 0.3) is 0 Å². The summed E-state index contributed by atoms with van der Waals surface area (Å²) in [5.74, 6) is -0.164. The Hall–Kier alpha value is -1.64. The number of hydrogen-bond donors (Lipinski definition) is 3. The molecule has 8 heteroatoms. The molecule has 3 rings (SSSR count). The van der Waals surface area contributed by atoms with E-state index in [0.717, 1.165) is 19.3 Å². The zero-order chi connectivity index (χ0) is 23.8. The third kappa shape index (κ3) is 7.69. The number of hydrogen-bond acceptors (Lipinski definition) is 6. The van der Waals surface area contributed by atoms with Crippen molar-refractivity contribution >= 4 is 17.6 Å². The topological polar surface area (TPSA) is 105 Å². The summed E-state index contributed by atoms with van der Waals surface area (Å²) in [7, 11) is 0. The molecule has 0 radical (unpaired) electrons. The van der Waals surface area contributed by atoms with Gasteiger partial charge in [-0.05, 0) is 43.4 Å². The predicted octanol–water partition coefficient (Wildman–Crippen LogP) is 3.70. The van der Waals surface area contributed by atoms with Crippen LogP contribution in [0.15, 0.2) is 36.4 Å². The summed E-state index contributed by atoms with van der Waals surface area (Å²) in [5, 5.41) is 30.7. The van der Waals surface area contributed by atoms with E-state index in [1.807, 2.05) is 13.0 Å². The van der Waals surface area contributed by atoms with E-state index in [9.17, 15) is 20.1 Å². The predicted molar refractivity (Wildman–Crippen MR) is 124 cm³/mol. The summed E-state index contributed by atoms with van der Waals surface area (Å²) in [5.41, 5.74) is 0. The van der Waals surface area contributed by atoms with Gasteiger partial charge in [-0.2, -0.15) is 0 Å². The van der Waals surface area contributed by atoms with Crippen molar-refractivity contribution in [3.05, 3.63) is 41.4 Å². The first-order valence-corrected chi connectivity index (χ1v) is 12.1. The van der Waals surface area contributed by atoms with Crippen molar-refractivity contribution in [1.29, 1.82) is 0 Å². The number of halogens is 1. The van der Waals surface area contributed by atoms with Crippen LogP contribution in [0.2, 0.25) is 5.02 Å². The SMILES string of the molecule is CCCC(OC[C@@H]1CC[C@@H]2[C@@H](C=C[C@@H](O)COc3cccc(Cl)c3)[C@H](O)C[C@@H]2OC1)C(=O)O. The number of benzene rings is 1. The number of aliphatic hydroxyl groups excluding tert-OH is 2. The van der Waals surface area contributed by atoms with E-state index >= 15 is 0 Å². The lowest BCUT2D eigenvalue weighted by molar-refractivity contribution is -0.152. The van der Waals surface area contributed by atoms with Crippen molar-refractivity contribution < 1.29 is 34.3 Å². The first-order chi connectivity index (χ1) is 15.9. The number of carboxylic acids is 1. The number of rotatable bonds is 11. The molecule has 0 spiro atoms. The standard InChI is InChI=1S/C25H35ClO7/c1-2-4-23(25(29)30)32-13-16-7-9-21-20(22(28)12-24(21)33-14-16)10-8-18(27)15-31-19-6-3-5-17(26)11-19/h3,5-6,8,10-11,16,18,20-24,27-28H,2,4,7,9,12-15H2,1H3,(H,29,30)/t16-,18+,20+,21+,22+,23?,24-/m0/s1. The monoisotopic (exact) mass is 482 g/mol. The first kappa shape index (κ1) is 26.0. The zero-order valence-electron chi connectivity index (χ0n) is 19.0. The van der Waals surface area contributed by atoms with Crippen LogP contribution >= 0.6 is 11.6 Å². The van der Waals surface area contributed by atoms with E-state index in [2.05, 4.69) is 0 Å². The van der Waals surface area contributed by atoms with Gasteiger partial charge < -0.3 is 29.5 Å². The number of carbonyl (C=O) groups is 1. The smallest absolute Gasteiger partial charge is 0.332 e. The van der Waals surface area contributed by atoms with Gasteiger partial charge in [0.2, 0.25) is 0 Å². The van der Waals surface area contributed by atoms with Gasteiger partial charge in [-0.25, -0.2) is 4.79 Å². The van der Waals surface area contributed by atoms with E-state index in [-0.39, 0.29) is 30.5 Å². The molecule has 1 heterocycles. The van der Waals surface area contributed by atoms with Crippen LogP contribution in [0.3, 0.4) is 0 Å². The highest BCUT2D eigenvalue weighted by Gasteiger charge is 2.43. The Kier molecular flexibility index (Phi) is 10.0. The van der Waals surface area contributed by atoms with Crippen molar-refractivity contribution in [3.8, 4) is 5.75 Å². The van der Waals surface area contributed by atoms with Crippen LogP contribution in [-0.4, -0.2) is 65.5 Å². The van der Waals surface area contributed by atoms with Crippen LogP contribution in [0.25, 0.3) is 0 Å². The molecule has 0 amide bonds. The van der Waals surface area contributed by atoms with Crippen LogP contribution in [-0.2, 0) is 14.3 Å². The van der Waals surface area contributed by atoms with Gasteiger partial charge >= 0.3 is 5.97 Å². The highest BCUT2D eigenvalue weighted by atomic mass is 35.5. The van der Waals surface area contributed by atoms with Crippen LogP contribution in [0.4, 0.5) is 0 Å². The van der Waals surface area contributed by atoms with E-state index in [1.54, 1.807) is 30.3 Å². The number of aliphatic hydroxyl groups is 2. The molecule has 1 unspecified atom stereocenters. The lowest BCUT2D eigenvalue weighted by Gasteiger charge is -2.21. The second-order valence-electron chi connectivity index (χ2n) is 9.03. The summed E-state index contributed by atoms with van der Waals surface area (Å²) in [6.07, 6.45) is 4.90. The Bertz CT molecular complexity index is 786. The molecule has 2 aliphatic rings. The number of ether oxygens (including phenoxy) is 3. The molecular weight excluding hydrogens is 448 g/mol. The molecule has 1 aromatic carbocycles. The Morgan fingerprint density at radius 3 is 2.91 bits per heavy atom. The Morgan fingerprint density at radius 2 is 2.18 bits per heavy atom. The number of carboxylic acid groups (broad SMARTS) is 1. The highest BCUT2D eigenvalue weighted by molar-refractivity contribution is 6.30. The number of fused-ring (bicyclic) bond motifs is 1. The first-order valence-electron chi connectivity index (χ1n) is 11.8. The van der Waals surface area contributed by atoms with Crippen molar-refractivity contribution in [1.82, 2.24) is 0 Å². The summed E-state index contributed by atoms with van der Waals surface area (Å²) in [4.78, 5) is 11.3. The fraction of sp³-hybridized carbons (Fsp3) is 0.640. The molecule has 33 heavy (non-hydrogen) atoms. The maximum atomic E-state index is 11.3. The molecule has 1 saturated heterocycles. The van der Waals surface area contributed by atoms with Crippen molar-refractivity contribution in [2.24, 2.45) is 17.8 Å². The molecule has 1 aliphatic carbocycles. The largest absolute Gasteiger partial charge is 0.491 e. The third-order valence-electron chi connectivity index (χ3n) is 6.48. The van der Waals surface area contributed by atoms with Gasteiger partial charge in [0.05, 0.1) is 25.4 Å².